The number of anilines is 1. The van der Waals surface area contributed by atoms with E-state index < -0.39 is 0 Å². The number of hydrogen-bond acceptors (Lipinski definition) is 5. The van der Waals surface area contributed by atoms with E-state index in [-0.39, 0.29) is 6.04 Å². The molecule has 2 atom stereocenters. The minimum absolute atomic E-state index is 0.290. The summed E-state index contributed by atoms with van der Waals surface area (Å²) in [4.78, 5) is 2.34. The lowest BCUT2D eigenvalue weighted by Crippen LogP contribution is -2.48. The Bertz CT molecular complexity index is 563. The molecule has 3 heterocycles. The number of nitrogens with zero attached hydrogens (tertiary/aromatic N) is 4. The molecule has 2 aliphatic rings. The molecule has 2 aliphatic heterocycles. The average Bonchev–Trinajstić information content (AvgIpc) is 2.76. The van der Waals surface area contributed by atoms with Crippen molar-refractivity contribution < 1.29 is 0 Å². The first-order valence-electron chi connectivity index (χ1n) is 8.01. The van der Waals surface area contributed by atoms with Gasteiger partial charge in [-0.1, -0.05) is 13.8 Å². The van der Waals surface area contributed by atoms with Crippen molar-refractivity contribution in [2.45, 2.75) is 70.5 Å². The standard InChI is InChI=1S/C16H23N5/c1-3-13-14(9-17)16(20-19-15(13)4-2)21-11-5-6-12(21)8-10(18)7-11/h10-12H,3-8,18H2,1-2H3. The number of aryl methyl sites for hydroxylation is 1. The van der Waals surface area contributed by atoms with Gasteiger partial charge in [-0.2, -0.15) is 10.4 Å². The van der Waals surface area contributed by atoms with Crippen LogP contribution in [-0.4, -0.2) is 28.3 Å². The molecule has 2 saturated heterocycles. The van der Waals surface area contributed by atoms with Crippen molar-refractivity contribution in [1.29, 1.82) is 5.26 Å². The maximum Gasteiger partial charge on any atom is 0.170 e. The molecule has 5 heteroatoms. The van der Waals surface area contributed by atoms with E-state index in [0.717, 1.165) is 61.2 Å². The van der Waals surface area contributed by atoms with Crippen LogP contribution in [-0.2, 0) is 12.8 Å². The fourth-order valence-corrected chi connectivity index (χ4v) is 4.03. The Kier molecular flexibility index (Phi) is 3.81. The van der Waals surface area contributed by atoms with Gasteiger partial charge in [-0.3, -0.25) is 0 Å². The molecule has 0 saturated carbocycles. The van der Waals surface area contributed by atoms with E-state index >= 15 is 0 Å². The number of hydrogen-bond donors (Lipinski definition) is 1. The van der Waals surface area contributed by atoms with Crippen LogP contribution < -0.4 is 10.6 Å². The number of aromatic nitrogens is 2. The van der Waals surface area contributed by atoms with E-state index in [4.69, 9.17) is 5.73 Å². The van der Waals surface area contributed by atoms with Crippen LogP contribution in [0, 0.1) is 11.3 Å². The second-order valence-electron chi connectivity index (χ2n) is 6.17. The van der Waals surface area contributed by atoms with Gasteiger partial charge in [-0.15, -0.1) is 5.10 Å². The van der Waals surface area contributed by atoms with Crippen molar-refractivity contribution in [2.24, 2.45) is 5.73 Å². The largest absolute Gasteiger partial charge is 0.348 e. The number of nitriles is 1. The molecule has 21 heavy (non-hydrogen) atoms. The van der Waals surface area contributed by atoms with E-state index in [1.165, 1.54) is 0 Å². The zero-order valence-corrected chi connectivity index (χ0v) is 12.8. The van der Waals surface area contributed by atoms with Crippen LogP contribution in [0.5, 0.6) is 0 Å². The fourth-order valence-electron chi connectivity index (χ4n) is 4.03. The molecule has 0 aromatic carbocycles. The average molecular weight is 285 g/mol. The minimum Gasteiger partial charge on any atom is -0.348 e. The Morgan fingerprint density at radius 2 is 1.86 bits per heavy atom. The van der Waals surface area contributed by atoms with Gasteiger partial charge in [0.2, 0.25) is 0 Å². The summed E-state index contributed by atoms with van der Waals surface area (Å²) in [6.07, 6.45) is 5.96. The molecule has 2 fully saturated rings. The molecule has 2 unspecified atom stereocenters. The zero-order valence-electron chi connectivity index (χ0n) is 12.8. The first kappa shape index (κ1) is 14.3. The van der Waals surface area contributed by atoms with Crippen molar-refractivity contribution in [2.75, 3.05) is 4.90 Å². The Balaban J connectivity index is 2.06. The van der Waals surface area contributed by atoms with Crippen molar-refractivity contribution in [3.8, 4) is 6.07 Å². The maximum absolute atomic E-state index is 9.66. The molecule has 1 aromatic heterocycles. The van der Waals surface area contributed by atoms with Crippen LogP contribution in [0.25, 0.3) is 0 Å². The normalized spacial score (nSPS) is 27.7. The summed E-state index contributed by atoms with van der Waals surface area (Å²) in [7, 11) is 0. The summed E-state index contributed by atoms with van der Waals surface area (Å²) in [6.45, 7) is 4.15. The van der Waals surface area contributed by atoms with Gasteiger partial charge in [0.15, 0.2) is 5.82 Å². The maximum atomic E-state index is 9.66. The highest BCUT2D eigenvalue weighted by molar-refractivity contribution is 5.60. The summed E-state index contributed by atoms with van der Waals surface area (Å²) >= 11 is 0. The molecule has 2 N–H and O–H groups in total. The molecule has 0 aliphatic carbocycles. The number of rotatable bonds is 3. The Morgan fingerprint density at radius 3 is 2.38 bits per heavy atom. The Labute approximate surface area is 126 Å². The van der Waals surface area contributed by atoms with Gasteiger partial charge in [0.25, 0.3) is 0 Å². The smallest absolute Gasteiger partial charge is 0.170 e. The SMILES string of the molecule is CCc1nnc(N2C3CCC2CC(N)C3)c(C#N)c1CC. The molecule has 3 rings (SSSR count). The molecular formula is C16H23N5. The first-order chi connectivity index (χ1) is 10.2. The molecule has 5 nitrogen and oxygen atoms in total. The lowest BCUT2D eigenvalue weighted by atomic mass is 9.96. The van der Waals surface area contributed by atoms with Crippen LogP contribution in [0.1, 0.15) is 56.4 Å². The van der Waals surface area contributed by atoms with Crippen LogP contribution in [0.15, 0.2) is 0 Å². The van der Waals surface area contributed by atoms with Gasteiger partial charge in [0.1, 0.15) is 11.6 Å². The summed E-state index contributed by atoms with van der Waals surface area (Å²) in [5, 5.41) is 18.5. The molecule has 0 spiro atoms. The predicted molar refractivity (Wildman–Crippen MR) is 82.0 cm³/mol. The highest BCUT2D eigenvalue weighted by Crippen LogP contribution is 2.39. The van der Waals surface area contributed by atoms with Gasteiger partial charge in [-0.25, -0.2) is 0 Å². The van der Waals surface area contributed by atoms with Crippen LogP contribution in [0.3, 0.4) is 0 Å². The third-order valence-electron chi connectivity index (χ3n) is 4.95. The van der Waals surface area contributed by atoms with E-state index in [1.54, 1.807) is 0 Å². The molecular weight excluding hydrogens is 262 g/mol. The molecule has 2 bridgehead atoms. The Hall–Kier alpha value is -1.67. The van der Waals surface area contributed by atoms with Crippen LogP contribution in [0.2, 0.25) is 0 Å². The van der Waals surface area contributed by atoms with Crippen LogP contribution >= 0.6 is 0 Å². The quantitative estimate of drug-likeness (QED) is 0.918. The number of piperidine rings is 1. The number of fused-ring (bicyclic) bond motifs is 2. The van der Waals surface area contributed by atoms with Crippen molar-refractivity contribution in [3.05, 3.63) is 16.8 Å². The summed E-state index contributed by atoms with van der Waals surface area (Å²) in [6, 6.07) is 3.54. The molecule has 0 radical (unpaired) electrons. The third-order valence-corrected chi connectivity index (χ3v) is 4.95. The lowest BCUT2D eigenvalue weighted by molar-refractivity contribution is 0.410. The van der Waals surface area contributed by atoms with Crippen LogP contribution in [0.4, 0.5) is 5.82 Å². The lowest BCUT2D eigenvalue weighted by Gasteiger charge is -2.38. The van der Waals surface area contributed by atoms with Crippen molar-refractivity contribution in [1.82, 2.24) is 10.2 Å². The number of nitrogens with two attached hydrogens (primary N) is 1. The second-order valence-corrected chi connectivity index (χ2v) is 6.17. The van der Waals surface area contributed by atoms with E-state index in [1.807, 2.05) is 0 Å². The van der Waals surface area contributed by atoms with Gasteiger partial charge in [0.05, 0.1) is 5.69 Å². The minimum atomic E-state index is 0.290. The summed E-state index contributed by atoms with van der Waals surface area (Å²) < 4.78 is 0. The van der Waals surface area contributed by atoms with Gasteiger partial charge < -0.3 is 10.6 Å². The molecule has 0 amide bonds. The van der Waals surface area contributed by atoms with E-state index in [0.29, 0.717) is 12.1 Å². The van der Waals surface area contributed by atoms with Crippen molar-refractivity contribution >= 4 is 5.82 Å². The highest BCUT2D eigenvalue weighted by atomic mass is 15.3. The van der Waals surface area contributed by atoms with Crippen molar-refractivity contribution in [3.63, 3.8) is 0 Å². The van der Waals surface area contributed by atoms with Gasteiger partial charge in [-0.05, 0) is 44.1 Å². The molecule has 1 aromatic rings. The van der Waals surface area contributed by atoms with E-state index in [9.17, 15) is 5.26 Å². The fraction of sp³-hybridized carbons (Fsp3) is 0.688. The second kappa shape index (κ2) is 5.61. The predicted octanol–water partition coefficient (Wildman–Crippen LogP) is 1.93. The highest BCUT2D eigenvalue weighted by Gasteiger charge is 2.41. The summed E-state index contributed by atoms with van der Waals surface area (Å²) in [5.74, 6) is 0.797. The first-order valence-corrected chi connectivity index (χ1v) is 8.01. The van der Waals surface area contributed by atoms with Gasteiger partial charge >= 0.3 is 0 Å². The third kappa shape index (κ3) is 2.28. The van der Waals surface area contributed by atoms with E-state index in [2.05, 4.69) is 35.0 Å². The monoisotopic (exact) mass is 285 g/mol. The molecule has 112 valence electrons. The zero-order chi connectivity index (χ0) is 15.0. The topological polar surface area (TPSA) is 78.8 Å². The summed E-state index contributed by atoms with van der Waals surface area (Å²) in [5.41, 5.74) is 8.90. The Morgan fingerprint density at radius 1 is 1.19 bits per heavy atom. The van der Waals surface area contributed by atoms with Gasteiger partial charge in [0, 0.05) is 18.1 Å².